The highest BCUT2D eigenvalue weighted by molar-refractivity contribution is 5.85. The summed E-state index contributed by atoms with van der Waals surface area (Å²) in [6, 6.07) is 9.64. The van der Waals surface area contributed by atoms with Crippen molar-refractivity contribution in [1.29, 1.82) is 0 Å². The molecule has 0 radical (unpaired) electrons. The Morgan fingerprint density at radius 3 is 2.43 bits per heavy atom. The quantitative estimate of drug-likeness (QED) is 0.140. The highest BCUT2D eigenvalue weighted by atomic mass is 16.7. The molecule has 1 aromatic rings. The molecule has 0 bridgehead atoms. The first kappa shape index (κ1) is 32.6. The lowest BCUT2D eigenvalue weighted by Crippen LogP contribution is -2.47. The van der Waals surface area contributed by atoms with E-state index in [1.54, 1.807) is 0 Å². The number of rotatable bonds is 16. The lowest BCUT2D eigenvalue weighted by atomic mass is 9.99. The Morgan fingerprint density at radius 1 is 1.00 bits per heavy atom. The van der Waals surface area contributed by atoms with Crippen molar-refractivity contribution in [2.45, 2.75) is 108 Å². The Balaban J connectivity index is 1.43. The molecular formula is C33H48O9. The molecule has 0 N–H and O–H groups in total. The van der Waals surface area contributed by atoms with Crippen LogP contribution in [-0.2, 0) is 38.0 Å². The van der Waals surface area contributed by atoms with Gasteiger partial charge in [-0.15, -0.1) is 0 Å². The first-order valence-corrected chi connectivity index (χ1v) is 15.6. The number of Topliss-reactive ketones (excluding diaryl/α,β-unsaturated/α-hetero) is 1. The topological polar surface area (TPSA) is 98.8 Å². The Labute approximate surface area is 250 Å². The minimum Gasteiger partial charge on any atom is -0.491 e. The van der Waals surface area contributed by atoms with Gasteiger partial charge in [0.15, 0.2) is 12.6 Å². The summed E-state index contributed by atoms with van der Waals surface area (Å²) in [4.78, 5) is 24.7. The van der Waals surface area contributed by atoms with E-state index in [1.807, 2.05) is 49.4 Å². The SMILES string of the molecule is COC(=O)CCCC=CC[C@H]1C(=O)C[C@@H](OC2CCCCO2)[C@@H]1OCC(C)(COc1ccccc1)OC1CCCCO1. The summed E-state index contributed by atoms with van der Waals surface area (Å²) in [5, 5.41) is 0. The van der Waals surface area contributed by atoms with E-state index in [-0.39, 0.29) is 49.9 Å². The van der Waals surface area contributed by atoms with E-state index in [0.29, 0.717) is 32.5 Å². The number of ether oxygens (including phenoxy) is 7. The smallest absolute Gasteiger partial charge is 0.305 e. The van der Waals surface area contributed by atoms with Crippen LogP contribution in [0.3, 0.4) is 0 Å². The summed E-state index contributed by atoms with van der Waals surface area (Å²) < 4.78 is 42.0. The molecule has 4 rings (SSSR count). The summed E-state index contributed by atoms with van der Waals surface area (Å²) in [5.41, 5.74) is -0.816. The van der Waals surface area contributed by atoms with E-state index in [2.05, 4.69) is 0 Å². The second-order valence-corrected chi connectivity index (χ2v) is 11.7. The van der Waals surface area contributed by atoms with Crippen molar-refractivity contribution in [3.63, 3.8) is 0 Å². The Kier molecular flexibility index (Phi) is 13.3. The van der Waals surface area contributed by atoms with E-state index in [1.165, 1.54) is 7.11 Å². The molecule has 3 unspecified atom stereocenters. The molecule has 9 nitrogen and oxygen atoms in total. The zero-order valence-electron chi connectivity index (χ0n) is 25.2. The highest BCUT2D eigenvalue weighted by Crippen LogP contribution is 2.34. The number of ketones is 1. The average molecular weight is 589 g/mol. The first-order chi connectivity index (χ1) is 20.5. The molecule has 9 heteroatoms. The second kappa shape index (κ2) is 17.1. The number of unbranched alkanes of at least 4 members (excludes halogenated alkanes) is 1. The molecular weight excluding hydrogens is 540 g/mol. The molecule has 1 aromatic carbocycles. The Bertz CT molecular complexity index is 971. The number of methoxy groups -OCH3 is 1. The van der Waals surface area contributed by atoms with Gasteiger partial charge in [0.2, 0.25) is 0 Å². The fourth-order valence-corrected chi connectivity index (χ4v) is 5.62. The van der Waals surface area contributed by atoms with Gasteiger partial charge in [-0.2, -0.15) is 0 Å². The van der Waals surface area contributed by atoms with Gasteiger partial charge in [-0.1, -0.05) is 30.4 Å². The van der Waals surface area contributed by atoms with Crippen molar-refractivity contribution < 1.29 is 42.7 Å². The van der Waals surface area contributed by atoms with Crippen LogP contribution in [-0.4, -0.2) is 75.7 Å². The van der Waals surface area contributed by atoms with Gasteiger partial charge in [-0.05, 0) is 76.8 Å². The first-order valence-electron chi connectivity index (χ1n) is 15.6. The van der Waals surface area contributed by atoms with Crippen molar-refractivity contribution >= 4 is 11.8 Å². The lowest BCUT2D eigenvalue weighted by molar-refractivity contribution is -0.252. The van der Waals surface area contributed by atoms with Gasteiger partial charge in [0.25, 0.3) is 0 Å². The summed E-state index contributed by atoms with van der Waals surface area (Å²) in [6.45, 7) is 3.78. The number of hydrogen-bond acceptors (Lipinski definition) is 9. The minimum atomic E-state index is -0.816. The van der Waals surface area contributed by atoms with Crippen LogP contribution in [0.25, 0.3) is 0 Å². The van der Waals surface area contributed by atoms with E-state index in [9.17, 15) is 9.59 Å². The van der Waals surface area contributed by atoms with Gasteiger partial charge in [-0.25, -0.2) is 0 Å². The lowest BCUT2D eigenvalue weighted by Gasteiger charge is -2.37. The molecule has 2 aliphatic heterocycles. The molecule has 3 aliphatic rings. The molecule has 2 saturated heterocycles. The molecule has 0 aromatic heterocycles. The minimum absolute atomic E-state index is 0.124. The highest BCUT2D eigenvalue weighted by Gasteiger charge is 2.46. The number of esters is 1. The molecule has 42 heavy (non-hydrogen) atoms. The molecule has 2 heterocycles. The third-order valence-electron chi connectivity index (χ3n) is 8.00. The van der Waals surface area contributed by atoms with Gasteiger partial charge in [0.1, 0.15) is 23.7 Å². The van der Waals surface area contributed by atoms with Crippen LogP contribution in [0.1, 0.15) is 77.6 Å². The van der Waals surface area contributed by atoms with Crippen molar-refractivity contribution in [3.8, 4) is 5.75 Å². The Morgan fingerprint density at radius 2 is 1.74 bits per heavy atom. The van der Waals surface area contributed by atoms with Gasteiger partial charge in [-0.3, -0.25) is 9.59 Å². The van der Waals surface area contributed by atoms with E-state index < -0.39 is 17.8 Å². The van der Waals surface area contributed by atoms with Gasteiger partial charge < -0.3 is 33.2 Å². The summed E-state index contributed by atoms with van der Waals surface area (Å²) in [5.74, 6) is 0.311. The predicted octanol–water partition coefficient (Wildman–Crippen LogP) is 5.54. The van der Waals surface area contributed by atoms with Gasteiger partial charge in [0.05, 0.1) is 31.8 Å². The van der Waals surface area contributed by atoms with Crippen molar-refractivity contribution in [2.24, 2.45) is 5.92 Å². The van der Waals surface area contributed by atoms with Crippen molar-refractivity contribution in [2.75, 3.05) is 33.5 Å². The maximum atomic E-state index is 13.3. The van der Waals surface area contributed by atoms with Crippen LogP contribution in [0, 0.1) is 5.92 Å². The molecule has 1 aliphatic carbocycles. The zero-order valence-corrected chi connectivity index (χ0v) is 25.2. The Hall–Kier alpha value is -2.30. The van der Waals surface area contributed by atoms with Crippen LogP contribution in [0.2, 0.25) is 0 Å². The number of benzene rings is 1. The fourth-order valence-electron chi connectivity index (χ4n) is 5.62. The second-order valence-electron chi connectivity index (χ2n) is 11.7. The number of allylic oxidation sites excluding steroid dienone is 2. The average Bonchev–Trinajstić information content (AvgIpc) is 3.31. The molecule has 234 valence electrons. The zero-order chi connectivity index (χ0) is 29.6. The number of carbonyl (C=O) groups excluding carboxylic acids is 2. The largest absolute Gasteiger partial charge is 0.491 e. The van der Waals surface area contributed by atoms with Crippen LogP contribution < -0.4 is 4.74 Å². The van der Waals surface area contributed by atoms with Crippen LogP contribution >= 0.6 is 0 Å². The summed E-state index contributed by atoms with van der Waals surface area (Å²) in [7, 11) is 1.40. The predicted molar refractivity (Wildman–Crippen MR) is 156 cm³/mol. The third kappa shape index (κ3) is 10.5. The van der Waals surface area contributed by atoms with Crippen LogP contribution in [0.4, 0.5) is 0 Å². The van der Waals surface area contributed by atoms with E-state index in [4.69, 9.17) is 33.2 Å². The number of hydrogen-bond donors (Lipinski definition) is 0. The standard InChI is InChI=1S/C33H48O9/c1-33(42-31-19-11-13-21-38-31,23-39-25-14-6-5-7-15-25)24-40-32-26(16-8-3-4-9-17-29(35)36-2)27(34)22-28(32)41-30-18-10-12-20-37-30/h3,5-8,14-15,26,28,30-32H,4,9-13,16-24H2,1-2H3/t26-,28+,30?,31?,32+,33?/m0/s1. The van der Waals surface area contributed by atoms with Crippen molar-refractivity contribution in [1.82, 2.24) is 0 Å². The molecule has 6 atom stereocenters. The van der Waals surface area contributed by atoms with Crippen molar-refractivity contribution in [3.05, 3.63) is 42.5 Å². The molecule has 1 saturated carbocycles. The monoisotopic (exact) mass is 588 g/mol. The summed E-state index contributed by atoms with van der Waals surface area (Å²) in [6.07, 6.45) is 10.9. The third-order valence-corrected chi connectivity index (χ3v) is 8.00. The number of para-hydroxylation sites is 1. The molecule has 0 amide bonds. The van der Waals surface area contributed by atoms with E-state index >= 15 is 0 Å². The van der Waals surface area contributed by atoms with Crippen LogP contribution in [0.15, 0.2) is 42.5 Å². The van der Waals surface area contributed by atoms with Crippen LogP contribution in [0.5, 0.6) is 5.75 Å². The number of carbonyl (C=O) groups is 2. The maximum absolute atomic E-state index is 13.3. The van der Waals surface area contributed by atoms with Gasteiger partial charge in [0, 0.05) is 26.1 Å². The van der Waals surface area contributed by atoms with E-state index in [0.717, 1.165) is 50.7 Å². The molecule has 3 fully saturated rings. The maximum Gasteiger partial charge on any atom is 0.305 e. The normalized spacial score (nSPS) is 28.0. The fraction of sp³-hybridized carbons (Fsp3) is 0.697. The molecule has 0 spiro atoms. The van der Waals surface area contributed by atoms with Gasteiger partial charge >= 0.3 is 5.97 Å². The summed E-state index contributed by atoms with van der Waals surface area (Å²) >= 11 is 0.